The summed E-state index contributed by atoms with van der Waals surface area (Å²) in [5, 5.41) is 21.9. The van der Waals surface area contributed by atoms with Crippen LogP contribution in [0.2, 0.25) is 0 Å². The van der Waals surface area contributed by atoms with Gasteiger partial charge in [0.25, 0.3) is 0 Å². The standard InChI is InChI=1S/C16H13ClN2O2/c1-10-15(19-20)8-7-13(16(10)17)14(9-18)11-3-5-12(21-2)6-4-11/h3-8,20H,1-2H3/b14-13-,19-15+. The van der Waals surface area contributed by atoms with Gasteiger partial charge in [0.05, 0.1) is 17.7 Å². The second kappa shape index (κ2) is 6.29. The van der Waals surface area contributed by atoms with Gasteiger partial charge in [-0.15, -0.1) is 0 Å². The predicted octanol–water partition coefficient (Wildman–Crippen LogP) is 3.89. The van der Waals surface area contributed by atoms with Crippen LogP contribution in [0.5, 0.6) is 5.75 Å². The van der Waals surface area contributed by atoms with Crippen molar-refractivity contribution in [2.24, 2.45) is 5.16 Å². The van der Waals surface area contributed by atoms with Crippen LogP contribution in [-0.2, 0) is 0 Å². The molecule has 0 spiro atoms. The molecule has 1 aromatic rings. The Morgan fingerprint density at radius 1 is 1.29 bits per heavy atom. The lowest BCUT2D eigenvalue weighted by Crippen LogP contribution is -2.05. The van der Waals surface area contributed by atoms with Gasteiger partial charge in [0, 0.05) is 5.57 Å². The van der Waals surface area contributed by atoms with E-state index in [0.717, 1.165) is 5.56 Å². The summed E-state index contributed by atoms with van der Waals surface area (Å²) in [4.78, 5) is 0. The van der Waals surface area contributed by atoms with Crippen LogP contribution >= 0.6 is 11.6 Å². The highest BCUT2D eigenvalue weighted by Gasteiger charge is 2.18. The Kier molecular flexibility index (Phi) is 4.46. The van der Waals surface area contributed by atoms with E-state index in [4.69, 9.17) is 21.5 Å². The molecule has 21 heavy (non-hydrogen) atoms. The van der Waals surface area contributed by atoms with Crippen molar-refractivity contribution in [2.75, 3.05) is 7.11 Å². The predicted molar refractivity (Wildman–Crippen MR) is 82.4 cm³/mol. The smallest absolute Gasteiger partial charge is 0.118 e. The number of hydrogen-bond donors (Lipinski definition) is 1. The highest BCUT2D eigenvalue weighted by molar-refractivity contribution is 6.37. The highest BCUT2D eigenvalue weighted by Crippen LogP contribution is 2.32. The largest absolute Gasteiger partial charge is 0.497 e. The Morgan fingerprint density at radius 3 is 2.48 bits per heavy atom. The molecule has 1 aromatic carbocycles. The normalized spacial score (nSPS) is 18.7. The summed E-state index contributed by atoms with van der Waals surface area (Å²) in [6, 6.07) is 9.34. The maximum absolute atomic E-state index is 9.45. The summed E-state index contributed by atoms with van der Waals surface area (Å²) in [6.45, 7) is 1.74. The topological polar surface area (TPSA) is 65.6 Å². The molecule has 0 unspecified atom stereocenters. The molecule has 0 saturated carbocycles. The average molecular weight is 301 g/mol. The summed E-state index contributed by atoms with van der Waals surface area (Å²) in [5.41, 5.74) is 2.81. The number of methoxy groups -OCH3 is 1. The van der Waals surface area contributed by atoms with Gasteiger partial charge in [-0.25, -0.2) is 0 Å². The van der Waals surface area contributed by atoms with Crippen molar-refractivity contribution in [3.05, 3.63) is 58.2 Å². The molecule has 1 aliphatic carbocycles. The number of nitriles is 1. The minimum Gasteiger partial charge on any atom is -0.497 e. The molecule has 0 saturated heterocycles. The number of rotatable bonds is 2. The number of oxime groups is 1. The lowest BCUT2D eigenvalue weighted by atomic mass is 9.94. The maximum atomic E-state index is 9.45. The SMILES string of the molecule is COc1ccc(/C(C#N)=C2C=C/C(=N\O)C(C)=C/2Cl)cc1. The Morgan fingerprint density at radius 2 is 1.95 bits per heavy atom. The Balaban J connectivity index is 2.57. The first kappa shape index (κ1) is 14.9. The minimum atomic E-state index is 0.385. The minimum absolute atomic E-state index is 0.385. The number of nitrogens with zero attached hydrogens (tertiary/aromatic N) is 2. The van der Waals surface area contributed by atoms with E-state index in [2.05, 4.69) is 11.2 Å². The lowest BCUT2D eigenvalue weighted by molar-refractivity contribution is 0.319. The van der Waals surface area contributed by atoms with E-state index in [9.17, 15) is 5.26 Å². The van der Waals surface area contributed by atoms with Crippen LogP contribution < -0.4 is 4.74 Å². The summed E-state index contributed by atoms with van der Waals surface area (Å²) in [5.74, 6) is 0.716. The van der Waals surface area contributed by atoms with Gasteiger partial charge in [-0.2, -0.15) is 5.26 Å². The zero-order valence-electron chi connectivity index (χ0n) is 11.6. The van der Waals surface area contributed by atoms with E-state index in [1.807, 2.05) is 0 Å². The molecule has 0 fully saturated rings. The molecule has 0 heterocycles. The Hall–Kier alpha value is -2.51. The maximum Gasteiger partial charge on any atom is 0.118 e. The molecule has 106 valence electrons. The third-order valence-electron chi connectivity index (χ3n) is 3.23. The van der Waals surface area contributed by atoms with E-state index in [1.54, 1.807) is 50.5 Å². The molecule has 0 aliphatic heterocycles. The van der Waals surface area contributed by atoms with Crippen LogP contribution in [0.25, 0.3) is 5.57 Å². The van der Waals surface area contributed by atoms with Crippen LogP contribution in [0.15, 0.2) is 57.8 Å². The molecule has 1 N–H and O–H groups in total. The van der Waals surface area contributed by atoms with E-state index in [1.165, 1.54) is 0 Å². The molecule has 1 aliphatic rings. The summed E-state index contributed by atoms with van der Waals surface area (Å²) in [7, 11) is 1.58. The summed E-state index contributed by atoms with van der Waals surface area (Å²) in [6.07, 6.45) is 3.30. The zero-order chi connectivity index (χ0) is 15.4. The van der Waals surface area contributed by atoms with Crippen molar-refractivity contribution >= 4 is 22.9 Å². The number of ether oxygens (including phenoxy) is 1. The van der Waals surface area contributed by atoms with Gasteiger partial charge < -0.3 is 9.94 Å². The number of benzene rings is 1. The fourth-order valence-electron chi connectivity index (χ4n) is 2.01. The molecule has 4 nitrogen and oxygen atoms in total. The van der Waals surface area contributed by atoms with E-state index < -0.39 is 0 Å². The Bertz CT molecular complexity index is 720. The first-order valence-electron chi connectivity index (χ1n) is 6.18. The molecule has 0 amide bonds. The average Bonchev–Trinajstić information content (AvgIpc) is 2.53. The van der Waals surface area contributed by atoms with Gasteiger partial charge >= 0.3 is 0 Å². The highest BCUT2D eigenvalue weighted by atomic mass is 35.5. The van der Waals surface area contributed by atoms with Gasteiger partial charge in [-0.05, 0) is 54.5 Å². The van der Waals surface area contributed by atoms with Crippen molar-refractivity contribution in [3.8, 4) is 11.8 Å². The molecule has 0 aromatic heterocycles. The molecule has 5 heteroatoms. The lowest BCUT2D eigenvalue weighted by Gasteiger charge is -2.14. The molecule has 2 rings (SSSR count). The molecule has 0 radical (unpaired) electrons. The van der Waals surface area contributed by atoms with Crippen LogP contribution in [-0.4, -0.2) is 18.0 Å². The van der Waals surface area contributed by atoms with Gasteiger partial charge in [-0.1, -0.05) is 16.8 Å². The quantitative estimate of drug-likeness (QED) is 0.512. The van der Waals surface area contributed by atoms with Crippen molar-refractivity contribution in [2.45, 2.75) is 6.92 Å². The van der Waals surface area contributed by atoms with Crippen molar-refractivity contribution in [3.63, 3.8) is 0 Å². The number of hydrogen-bond acceptors (Lipinski definition) is 4. The summed E-state index contributed by atoms with van der Waals surface area (Å²) < 4.78 is 5.10. The van der Waals surface area contributed by atoms with Crippen LogP contribution in [0.3, 0.4) is 0 Å². The van der Waals surface area contributed by atoms with Gasteiger partial charge in [0.15, 0.2) is 0 Å². The zero-order valence-corrected chi connectivity index (χ0v) is 12.3. The van der Waals surface area contributed by atoms with E-state index in [-0.39, 0.29) is 0 Å². The number of halogens is 1. The molecule has 0 bridgehead atoms. The van der Waals surface area contributed by atoms with Gasteiger partial charge in [0.2, 0.25) is 0 Å². The van der Waals surface area contributed by atoms with Gasteiger partial charge in [-0.3, -0.25) is 0 Å². The molecular formula is C16H13ClN2O2. The summed E-state index contributed by atoms with van der Waals surface area (Å²) >= 11 is 6.29. The van der Waals surface area contributed by atoms with Crippen molar-refractivity contribution in [1.82, 2.24) is 0 Å². The van der Waals surface area contributed by atoms with Crippen molar-refractivity contribution in [1.29, 1.82) is 5.26 Å². The molecule has 0 atom stereocenters. The monoisotopic (exact) mass is 300 g/mol. The third-order valence-corrected chi connectivity index (χ3v) is 3.71. The second-order valence-corrected chi connectivity index (χ2v) is 4.76. The fraction of sp³-hybridized carbons (Fsp3) is 0.125. The van der Waals surface area contributed by atoms with Crippen LogP contribution in [0, 0.1) is 11.3 Å². The second-order valence-electron chi connectivity index (χ2n) is 4.39. The van der Waals surface area contributed by atoms with E-state index in [0.29, 0.717) is 33.2 Å². The van der Waals surface area contributed by atoms with Crippen molar-refractivity contribution < 1.29 is 9.94 Å². The third kappa shape index (κ3) is 2.83. The van der Waals surface area contributed by atoms with E-state index >= 15 is 0 Å². The van der Waals surface area contributed by atoms with Gasteiger partial charge in [0.1, 0.15) is 17.5 Å². The fourth-order valence-corrected chi connectivity index (χ4v) is 2.27. The first-order chi connectivity index (χ1) is 10.1. The first-order valence-corrected chi connectivity index (χ1v) is 6.56. The molecular weight excluding hydrogens is 288 g/mol. The van der Waals surface area contributed by atoms with Crippen LogP contribution in [0.1, 0.15) is 12.5 Å². The Labute approximate surface area is 127 Å². The van der Waals surface area contributed by atoms with Crippen LogP contribution in [0.4, 0.5) is 0 Å². The number of allylic oxidation sites excluding steroid dienone is 6.